The van der Waals surface area contributed by atoms with Crippen LogP contribution in [0.15, 0.2) is 15.9 Å². The average molecular weight is 349 g/mol. The molecule has 18 heavy (non-hydrogen) atoms. The normalized spacial score (nSPS) is 14.8. The third kappa shape index (κ3) is 2.50. The monoisotopic (exact) mass is 347 g/mol. The molecule has 2 aromatic heterocycles. The Morgan fingerprint density at radius 3 is 2.56 bits per heavy atom. The van der Waals surface area contributed by atoms with E-state index in [9.17, 15) is 0 Å². The molecule has 0 fully saturated rings. The lowest BCUT2D eigenvalue weighted by Crippen LogP contribution is -2.31. The first-order valence-corrected chi connectivity index (χ1v) is 7.67. The maximum absolute atomic E-state index is 6.21. The second kappa shape index (κ2) is 5.33. The fraction of sp³-hybridized carbons (Fsp3) is 0.417. The van der Waals surface area contributed by atoms with Gasteiger partial charge in [0.25, 0.3) is 0 Å². The summed E-state index contributed by atoms with van der Waals surface area (Å²) in [7, 11) is 0. The van der Waals surface area contributed by atoms with E-state index >= 15 is 0 Å². The van der Waals surface area contributed by atoms with Crippen LogP contribution in [0.25, 0.3) is 0 Å². The number of thiophene rings is 1. The molecule has 0 amide bonds. The van der Waals surface area contributed by atoms with Crippen molar-refractivity contribution in [1.29, 1.82) is 0 Å². The SMILES string of the molecule is Cc1nn(C(c2cc(Br)cs2)C(C)N)c(C)c1Cl. The molecular formula is C12H15BrClN3S. The van der Waals surface area contributed by atoms with Gasteiger partial charge >= 0.3 is 0 Å². The summed E-state index contributed by atoms with van der Waals surface area (Å²) in [4.78, 5) is 1.18. The molecule has 2 aromatic rings. The molecule has 2 atom stereocenters. The fourth-order valence-corrected chi connectivity index (χ4v) is 3.77. The number of halogens is 2. The second-order valence-corrected chi connectivity index (χ2v) is 6.64. The quantitative estimate of drug-likeness (QED) is 0.914. The highest BCUT2D eigenvalue weighted by atomic mass is 79.9. The van der Waals surface area contributed by atoms with Crippen LogP contribution in [0, 0.1) is 13.8 Å². The number of hydrogen-bond acceptors (Lipinski definition) is 3. The third-order valence-corrected chi connectivity index (χ3v) is 5.19. The summed E-state index contributed by atoms with van der Waals surface area (Å²) >= 11 is 11.4. The van der Waals surface area contributed by atoms with E-state index in [0.717, 1.165) is 20.9 Å². The molecule has 3 nitrogen and oxygen atoms in total. The van der Waals surface area contributed by atoms with Gasteiger partial charge in [0.2, 0.25) is 0 Å². The Balaban J connectivity index is 2.51. The number of nitrogens with two attached hydrogens (primary N) is 1. The lowest BCUT2D eigenvalue weighted by atomic mass is 10.1. The second-order valence-electron chi connectivity index (χ2n) is 4.40. The minimum Gasteiger partial charge on any atom is -0.326 e. The van der Waals surface area contributed by atoms with Gasteiger partial charge in [-0.3, -0.25) is 4.68 Å². The lowest BCUT2D eigenvalue weighted by Gasteiger charge is -2.21. The Bertz CT molecular complexity index is 562. The molecule has 0 saturated heterocycles. The molecule has 0 bridgehead atoms. The molecule has 6 heteroatoms. The molecule has 2 unspecified atom stereocenters. The van der Waals surface area contributed by atoms with Gasteiger partial charge in [0.05, 0.1) is 16.4 Å². The van der Waals surface area contributed by atoms with Crippen molar-refractivity contribution in [1.82, 2.24) is 9.78 Å². The molecule has 0 aliphatic rings. The van der Waals surface area contributed by atoms with Crippen LogP contribution >= 0.6 is 38.9 Å². The van der Waals surface area contributed by atoms with Crippen molar-refractivity contribution in [2.45, 2.75) is 32.9 Å². The van der Waals surface area contributed by atoms with E-state index in [4.69, 9.17) is 17.3 Å². The first kappa shape index (κ1) is 14.1. The van der Waals surface area contributed by atoms with E-state index in [-0.39, 0.29) is 12.1 Å². The minimum absolute atomic E-state index is 0.0208. The van der Waals surface area contributed by atoms with Crippen LogP contribution in [-0.4, -0.2) is 15.8 Å². The molecule has 0 saturated carbocycles. The van der Waals surface area contributed by atoms with Crippen LogP contribution in [0.5, 0.6) is 0 Å². The van der Waals surface area contributed by atoms with Gasteiger partial charge < -0.3 is 5.73 Å². The van der Waals surface area contributed by atoms with Gasteiger partial charge in [-0.25, -0.2) is 0 Å². The molecule has 2 rings (SSSR count). The number of hydrogen-bond donors (Lipinski definition) is 1. The predicted molar refractivity (Wildman–Crippen MR) is 80.5 cm³/mol. The Hall–Kier alpha value is -0.360. The van der Waals surface area contributed by atoms with Crippen LogP contribution in [0.1, 0.15) is 29.2 Å². The average Bonchev–Trinajstić information content (AvgIpc) is 2.80. The zero-order chi connectivity index (χ0) is 13.4. The van der Waals surface area contributed by atoms with E-state index < -0.39 is 0 Å². The van der Waals surface area contributed by atoms with Crippen molar-refractivity contribution < 1.29 is 0 Å². The summed E-state index contributed by atoms with van der Waals surface area (Å²) in [6, 6.07) is 2.07. The van der Waals surface area contributed by atoms with Crippen LogP contribution in [-0.2, 0) is 0 Å². The molecule has 2 N–H and O–H groups in total. The minimum atomic E-state index is -0.0374. The van der Waals surface area contributed by atoms with Crippen molar-refractivity contribution in [2.24, 2.45) is 5.73 Å². The lowest BCUT2D eigenvalue weighted by molar-refractivity contribution is 0.450. The zero-order valence-corrected chi connectivity index (χ0v) is 13.6. The van der Waals surface area contributed by atoms with Gasteiger partial charge in [0.1, 0.15) is 6.04 Å². The van der Waals surface area contributed by atoms with Crippen LogP contribution < -0.4 is 5.73 Å². The van der Waals surface area contributed by atoms with Gasteiger partial charge in [-0.15, -0.1) is 11.3 Å². The molecule has 2 heterocycles. The molecule has 0 radical (unpaired) electrons. The summed E-state index contributed by atoms with van der Waals surface area (Å²) in [5.74, 6) is 0. The van der Waals surface area contributed by atoms with Crippen molar-refractivity contribution in [3.8, 4) is 0 Å². The number of nitrogens with zero attached hydrogens (tertiary/aromatic N) is 2. The van der Waals surface area contributed by atoms with Crippen molar-refractivity contribution in [3.63, 3.8) is 0 Å². The van der Waals surface area contributed by atoms with Gasteiger partial charge in [-0.1, -0.05) is 11.6 Å². The zero-order valence-electron chi connectivity index (χ0n) is 10.4. The Kier molecular flexibility index (Phi) is 4.16. The summed E-state index contributed by atoms with van der Waals surface area (Å²) in [6.07, 6.45) is 0. The van der Waals surface area contributed by atoms with Gasteiger partial charge in [0.15, 0.2) is 0 Å². The van der Waals surface area contributed by atoms with E-state index in [1.165, 1.54) is 4.88 Å². The van der Waals surface area contributed by atoms with Crippen LogP contribution in [0.3, 0.4) is 0 Å². The maximum atomic E-state index is 6.21. The third-order valence-electron chi connectivity index (χ3n) is 2.88. The van der Waals surface area contributed by atoms with Gasteiger partial charge in [0, 0.05) is 20.8 Å². The van der Waals surface area contributed by atoms with Crippen molar-refractivity contribution >= 4 is 38.9 Å². The summed E-state index contributed by atoms with van der Waals surface area (Å²) in [5.41, 5.74) is 7.93. The molecule has 0 aliphatic carbocycles. The fourth-order valence-electron chi connectivity index (χ4n) is 2.00. The largest absolute Gasteiger partial charge is 0.326 e. The van der Waals surface area contributed by atoms with Crippen molar-refractivity contribution in [2.75, 3.05) is 0 Å². The Morgan fingerprint density at radius 1 is 1.50 bits per heavy atom. The molecule has 98 valence electrons. The number of aromatic nitrogens is 2. The standard InChI is InChI=1S/C12H15BrClN3S/c1-6(15)12(10-4-9(13)5-18-10)17-8(3)11(14)7(2)16-17/h4-6,12H,15H2,1-3H3. The van der Waals surface area contributed by atoms with Crippen molar-refractivity contribution in [3.05, 3.63) is 37.2 Å². The molecular weight excluding hydrogens is 334 g/mol. The first-order chi connectivity index (χ1) is 8.41. The van der Waals surface area contributed by atoms with Crippen LogP contribution in [0.4, 0.5) is 0 Å². The summed E-state index contributed by atoms with van der Waals surface area (Å²) < 4.78 is 3.00. The Morgan fingerprint density at radius 2 is 2.17 bits per heavy atom. The number of rotatable bonds is 3. The predicted octanol–water partition coefficient (Wildman–Crippen LogP) is 3.91. The van der Waals surface area contributed by atoms with E-state index in [0.29, 0.717) is 0 Å². The maximum Gasteiger partial charge on any atom is 0.101 e. The highest BCUT2D eigenvalue weighted by Gasteiger charge is 2.24. The Labute approximate surface area is 124 Å². The highest BCUT2D eigenvalue weighted by Crippen LogP contribution is 2.32. The smallest absolute Gasteiger partial charge is 0.101 e. The van der Waals surface area contributed by atoms with E-state index in [1.807, 2.05) is 25.5 Å². The molecule has 0 spiro atoms. The van der Waals surface area contributed by atoms with E-state index in [1.54, 1.807) is 11.3 Å². The molecule has 0 aromatic carbocycles. The summed E-state index contributed by atoms with van der Waals surface area (Å²) in [6.45, 7) is 5.87. The topological polar surface area (TPSA) is 43.8 Å². The highest BCUT2D eigenvalue weighted by molar-refractivity contribution is 9.10. The number of aryl methyl sites for hydroxylation is 1. The summed E-state index contributed by atoms with van der Waals surface area (Å²) in [5, 5.41) is 7.29. The van der Waals surface area contributed by atoms with Gasteiger partial charge in [-0.05, 0) is 42.8 Å². The molecule has 0 aliphatic heterocycles. The van der Waals surface area contributed by atoms with Crippen LogP contribution in [0.2, 0.25) is 5.02 Å². The van der Waals surface area contributed by atoms with Gasteiger partial charge in [-0.2, -0.15) is 5.10 Å². The van der Waals surface area contributed by atoms with E-state index in [2.05, 4.69) is 32.5 Å². The first-order valence-electron chi connectivity index (χ1n) is 5.62.